The minimum Gasteiger partial charge on any atom is -0.0801 e. The average molecular weight is 272 g/mol. The molecule has 0 atom stereocenters. The molecule has 104 valence electrons. The van der Waals surface area contributed by atoms with Gasteiger partial charge in [0, 0.05) is 0 Å². The van der Waals surface area contributed by atoms with Crippen LogP contribution in [0, 0.1) is 20.8 Å². The monoisotopic (exact) mass is 272 g/mol. The Morgan fingerprint density at radius 2 is 1.76 bits per heavy atom. The van der Waals surface area contributed by atoms with Crippen molar-refractivity contribution in [3.63, 3.8) is 0 Å². The summed E-state index contributed by atoms with van der Waals surface area (Å²) >= 11 is 0. The predicted octanol–water partition coefficient (Wildman–Crippen LogP) is 5.53. The number of aryl methyl sites for hydroxylation is 1. The second-order valence-corrected chi connectivity index (χ2v) is 6.32. The zero-order chi connectivity index (χ0) is 14.6. The molecular formula is C21H20. The van der Waals surface area contributed by atoms with Gasteiger partial charge in [-0.2, -0.15) is 0 Å². The summed E-state index contributed by atoms with van der Waals surface area (Å²) in [5, 5.41) is 0. The first-order chi connectivity index (χ1) is 10.2. The normalized spacial score (nSPS) is 15.1. The molecule has 0 heterocycles. The maximum Gasteiger partial charge on any atom is -0.00130 e. The first kappa shape index (κ1) is 12.6. The van der Waals surface area contributed by atoms with Gasteiger partial charge in [-0.05, 0) is 83.7 Å². The minimum absolute atomic E-state index is 1.07. The molecule has 0 N–H and O–H groups in total. The first-order valence-electron chi connectivity index (χ1n) is 7.75. The third-order valence-electron chi connectivity index (χ3n) is 5.09. The summed E-state index contributed by atoms with van der Waals surface area (Å²) in [6.07, 6.45) is 8.85. The molecule has 2 aromatic rings. The average Bonchev–Trinajstić information content (AvgIpc) is 3.10. The van der Waals surface area contributed by atoms with Crippen molar-refractivity contribution in [1.82, 2.24) is 0 Å². The van der Waals surface area contributed by atoms with Gasteiger partial charge in [-0.15, -0.1) is 0 Å². The van der Waals surface area contributed by atoms with E-state index in [1.54, 1.807) is 0 Å². The van der Waals surface area contributed by atoms with Gasteiger partial charge in [-0.1, -0.05) is 42.5 Å². The molecule has 0 spiro atoms. The second kappa shape index (κ2) is 4.46. The number of hydrogen-bond donors (Lipinski definition) is 0. The second-order valence-electron chi connectivity index (χ2n) is 6.32. The molecule has 0 unspecified atom stereocenters. The van der Waals surface area contributed by atoms with E-state index in [2.05, 4.69) is 63.3 Å². The van der Waals surface area contributed by atoms with Crippen LogP contribution in [-0.4, -0.2) is 0 Å². The SMILES string of the molecule is Cc1cccc2c1-c1c(cc(C3=CC=CC3)c(C)c1C)C2. The van der Waals surface area contributed by atoms with Crippen molar-refractivity contribution in [1.29, 1.82) is 0 Å². The maximum absolute atomic E-state index is 2.44. The topological polar surface area (TPSA) is 0 Å². The van der Waals surface area contributed by atoms with Gasteiger partial charge in [-0.3, -0.25) is 0 Å². The van der Waals surface area contributed by atoms with Crippen LogP contribution in [-0.2, 0) is 6.42 Å². The molecular weight excluding hydrogens is 252 g/mol. The van der Waals surface area contributed by atoms with Crippen LogP contribution in [0.15, 0.2) is 42.5 Å². The van der Waals surface area contributed by atoms with Gasteiger partial charge in [-0.25, -0.2) is 0 Å². The summed E-state index contributed by atoms with van der Waals surface area (Å²) in [6, 6.07) is 9.15. The Balaban J connectivity index is 1.97. The zero-order valence-electron chi connectivity index (χ0n) is 13.0. The molecule has 0 bridgehead atoms. The summed E-state index contributed by atoms with van der Waals surface area (Å²) < 4.78 is 0. The van der Waals surface area contributed by atoms with E-state index in [0.717, 1.165) is 12.8 Å². The van der Waals surface area contributed by atoms with Crippen molar-refractivity contribution < 1.29 is 0 Å². The Bertz CT molecular complexity index is 816. The molecule has 0 aliphatic heterocycles. The Morgan fingerprint density at radius 3 is 2.52 bits per heavy atom. The molecule has 0 fully saturated rings. The molecule has 4 rings (SSSR count). The summed E-state index contributed by atoms with van der Waals surface area (Å²) in [5.74, 6) is 0. The molecule has 2 aliphatic carbocycles. The van der Waals surface area contributed by atoms with E-state index in [9.17, 15) is 0 Å². The smallest absolute Gasteiger partial charge is 0.00130 e. The third-order valence-corrected chi connectivity index (χ3v) is 5.09. The molecule has 0 amide bonds. The van der Waals surface area contributed by atoms with Crippen molar-refractivity contribution in [2.75, 3.05) is 0 Å². The number of allylic oxidation sites excluding steroid dienone is 4. The summed E-state index contributed by atoms with van der Waals surface area (Å²) in [4.78, 5) is 0. The Kier molecular flexibility index (Phi) is 2.68. The first-order valence-corrected chi connectivity index (χ1v) is 7.75. The quantitative estimate of drug-likeness (QED) is 0.546. The third kappa shape index (κ3) is 1.75. The molecule has 0 radical (unpaired) electrons. The van der Waals surface area contributed by atoms with Gasteiger partial charge in [0.1, 0.15) is 0 Å². The van der Waals surface area contributed by atoms with Gasteiger partial charge >= 0.3 is 0 Å². The van der Waals surface area contributed by atoms with E-state index >= 15 is 0 Å². The van der Waals surface area contributed by atoms with Crippen LogP contribution in [0.5, 0.6) is 0 Å². The van der Waals surface area contributed by atoms with Crippen molar-refractivity contribution in [3.05, 3.63) is 75.9 Å². The molecule has 0 saturated carbocycles. The fourth-order valence-electron chi connectivity index (χ4n) is 3.89. The largest absolute Gasteiger partial charge is 0.0801 e. The number of rotatable bonds is 1. The number of hydrogen-bond acceptors (Lipinski definition) is 0. The van der Waals surface area contributed by atoms with Crippen LogP contribution in [0.3, 0.4) is 0 Å². The van der Waals surface area contributed by atoms with E-state index < -0.39 is 0 Å². The van der Waals surface area contributed by atoms with E-state index in [1.807, 2.05) is 0 Å². The zero-order valence-corrected chi connectivity index (χ0v) is 13.0. The van der Waals surface area contributed by atoms with Crippen molar-refractivity contribution in [2.45, 2.75) is 33.6 Å². The highest BCUT2D eigenvalue weighted by atomic mass is 14.3. The summed E-state index contributed by atoms with van der Waals surface area (Å²) in [6.45, 7) is 6.81. The summed E-state index contributed by atoms with van der Waals surface area (Å²) in [7, 11) is 0. The Hall–Kier alpha value is -2.08. The van der Waals surface area contributed by atoms with Gasteiger partial charge in [0.15, 0.2) is 0 Å². The van der Waals surface area contributed by atoms with Crippen LogP contribution in [0.4, 0.5) is 0 Å². The lowest BCUT2D eigenvalue weighted by molar-refractivity contribution is 1.22. The molecule has 2 aliphatic rings. The van der Waals surface area contributed by atoms with Crippen LogP contribution in [0.25, 0.3) is 16.7 Å². The highest BCUT2D eigenvalue weighted by Gasteiger charge is 2.24. The standard InChI is InChI=1S/C21H20/c1-13-7-6-10-17-11-18-12-19(16-8-4-5-9-16)14(2)15(3)21(18)20(13)17/h4-8,10,12H,9,11H2,1-3H3. The predicted molar refractivity (Wildman–Crippen MR) is 90.6 cm³/mol. The highest BCUT2D eigenvalue weighted by molar-refractivity contribution is 5.86. The molecule has 0 heteroatoms. The minimum atomic E-state index is 1.07. The maximum atomic E-state index is 2.44. The van der Waals surface area contributed by atoms with E-state index in [4.69, 9.17) is 0 Å². The molecule has 21 heavy (non-hydrogen) atoms. The van der Waals surface area contributed by atoms with Gasteiger partial charge < -0.3 is 0 Å². The number of fused-ring (bicyclic) bond motifs is 3. The summed E-state index contributed by atoms with van der Waals surface area (Å²) in [5.41, 5.74) is 13.2. The fraction of sp³-hybridized carbons (Fsp3) is 0.238. The Labute approximate surface area is 126 Å². The van der Waals surface area contributed by atoms with Crippen molar-refractivity contribution >= 4 is 5.57 Å². The van der Waals surface area contributed by atoms with E-state index in [0.29, 0.717) is 0 Å². The van der Waals surface area contributed by atoms with Gasteiger partial charge in [0.2, 0.25) is 0 Å². The van der Waals surface area contributed by atoms with Crippen molar-refractivity contribution in [3.8, 4) is 11.1 Å². The highest BCUT2D eigenvalue weighted by Crippen LogP contribution is 2.44. The van der Waals surface area contributed by atoms with Crippen LogP contribution in [0.2, 0.25) is 0 Å². The lowest BCUT2D eigenvalue weighted by Gasteiger charge is -2.16. The molecule has 2 aromatic carbocycles. The Morgan fingerprint density at radius 1 is 0.905 bits per heavy atom. The lowest BCUT2D eigenvalue weighted by Crippen LogP contribution is -1.96. The van der Waals surface area contributed by atoms with Crippen LogP contribution in [0.1, 0.15) is 39.8 Å². The molecule has 0 aromatic heterocycles. The molecule has 0 nitrogen and oxygen atoms in total. The molecule has 0 saturated heterocycles. The van der Waals surface area contributed by atoms with Crippen LogP contribution < -0.4 is 0 Å². The van der Waals surface area contributed by atoms with Crippen molar-refractivity contribution in [2.24, 2.45) is 0 Å². The van der Waals surface area contributed by atoms with Gasteiger partial charge in [0.25, 0.3) is 0 Å². The van der Waals surface area contributed by atoms with E-state index in [1.165, 1.54) is 50.1 Å². The van der Waals surface area contributed by atoms with Crippen LogP contribution >= 0.6 is 0 Å². The lowest BCUT2D eigenvalue weighted by atomic mass is 9.88. The fourth-order valence-corrected chi connectivity index (χ4v) is 3.89. The van der Waals surface area contributed by atoms with E-state index in [-0.39, 0.29) is 0 Å². The number of benzene rings is 2. The van der Waals surface area contributed by atoms with Gasteiger partial charge in [0.05, 0.1) is 0 Å².